The number of carbonyl (C=O) groups excluding carboxylic acids is 6. The first-order valence-electron chi connectivity index (χ1n) is 15.4. The van der Waals surface area contributed by atoms with E-state index in [1.165, 1.54) is 67.4 Å². The number of amides is 3. The van der Waals surface area contributed by atoms with Crippen LogP contribution in [-0.4, -0.2) is 61.0 Å². The van der Waals surface area contributed by atoms with Gasteiger partial charge >= 0.3 is 0 Å². The van der Waals surface area contributed by atoms with Crippen molar-refractivity contribution >= 4 is 79.1 Å². The molecule has 0 aromatic heterocycles. The molecule has 51 heavy (non-hydrogen) atoms. The Balaban J connectivity index is 1.08. The number of hydrogen-bond donors (Lipinski definition) is 2. The molecule has 4 aromatic rings. The van der Waals surface area contributed by atoms with Crippen LogP contribution in [0.3, 0.4) is 0 Å². The van der Waals surface area contributed by atoms with Gasteiger partial charge < -0.3 is 10.6 Å². The summed E-state index contributed by atoms with van der Waals surface area (Å²) in [5.41, 5.74) is 1.35. The highest BCUT2D eigenvalue weighted by Gasteiger charge is 2.44. The molecule has 2 aliphatic heterocycles. The van der Waals surface area contributed by atoms with Crippen molar-refractivity contribution in [2.24, 2.45) is 16.1 Å². The number of carbonyl (C=O) groups is 6. The van der Waals surface area contributed by atoms with Crippen LogP contribution in [0.1, 0.15) is 13.8 Å². The van der Waals surface area contributed by atoms with Gasteiger partial charge in [-0.2, -0.15) is 15.2 Å². The number of hydrazone groups is 2. The molecule has 0 fully saturated rings. The zero-order valence-electron chi connectivity index (χ0n) is 27.0. The van der Waals surface area contributed by atoms with Crippen molar-refractivity contribution in [2.75, 3.05) is 20.7 Å². The SMILES string of the molecule is CC1=NN(c2ccccc2)[C@H](C(=O)C(=O)Nc2ccc(S(=O)(=O)c3ccc(NC(=O)C(=O)[C@@H]4C(=O)N(c5ccccc5)N=C4C)cc3)cc2)C1=O. The Kier molecular flexibility index (Phi) is 9.22. The summed E-state index contributed by atoms with van der Waals surface area (Å²) in [5, 5.41) is 15.3. The van der Waals surface area contributed by atoms with Crippen molar-refractivity contribution in [3.63, 3.8) is 0 Å². The smallest absolute Gasteiger partial charge is 0.294 e. The minimum Gasteiger partial charge on any atom is -0.319 e. The van der Waals surface area contributed by atoms with Gasteiger partial charge in [-0.3, -0.25) is 28.8 Å². The van der Waals surface area contributed by atoms with Crippen molar-refractivity contribution in [2.45, 2.75) is 29.7 Å². The van der Waals surface area contributed by atoms with Crippen molar-refractivity contribution in [3.8, 4) is 0 Å². The lowest BCUT2D eigenvalue weighted by Crippen LogP contribution is -2.46. The third kappa shape index (κ3) is 6.69. The van der Waals surface area contributed by atoms with E-state index in [1.807, 2.05) is 0 Å². The van der Waals surface area contributed by atoms with Crippen LogP contribution in [0.5, 0.6) is 0 Å². The quantitative estimate of drug-likeness (QED) is 0.184. The summed E-state index contributed by atoms with van der Waals surface area (Å²) in [7, 11) is -4.08. The van der Waals surface area contributed by atoms with Gasteiger partial charge in [0.2, 0.25) is 21.4 Å². The molecule has 3 amide bonds. The first-order chi connectivity index (χ1) is 24.4. The number of para-hydroxylation sites is 2. The maximum atomic E-state index is 13.3. The summed E-state index contributed by atoms with van der Waals surface area (Å²) >= 11 is 0. The number of rotatable bonds is 10. The number of sulfone groups is 1. The second-order valence-electron chi connectivity index (χ2n) is 11.5. The summed E-state index contributed by atoms with van der Waals surface area (Å²) in [5.74, 6) is -6.89. The first kappa shape index (κ1) is 34.3. The van der Waals surface area contributed by atoms with E-state index in [-0.39, 0.29) is 32.6 Å². The molecule has 256 valence electrons. The third-order valence-electron chi connectivity index (χ3n) is 8.06. The molecular weight excluding hydrogens is 676 g/mol. The van der Waals surface area contributed by atoms with Crippen molar-refractivity contribution < 1.29 is 37.2 Å². The normalized spacial score (nSPS) is 17.1. The van der Waals surface area contributed by atoms with Gasteiger partial charge in [-0.1, -0.05) is 36.4 Å². The number of benzene rings is 4. The van der Waals surface area contributed by atoms with Crippen molar-refractivity contribution in [3.05, 3.63) is 109 Å². The number of ketones is 3. The second kappa shape index (κ2) is 13.7. The number of hydrogen-bond acceptors (Lipinski definition) is 11. The summed E-state index contributed by atoms with van der Waals surface area (Å²) < 4.78 is 26.7. The Morgan fingerprint density at radius 3 is 1.61 bits per heavy atom. The monoisotopic (exact) mass is 704 g/mol. The maximum absolute atomic E-state index is 13.3. The molecule has 6 rings (SSSR count). The molecule has 2 atom stereocenters. The minimum absolute atomic E-state index is 0.0738. The molecule has 0 bridgehead atoms. The van der Waals surface area contributed by atoms with Gasteiger partial charge in [-0.25, -0.2) is 13.4 Å². The second-order valence-corrected chi connectivity index (χ2v) is 13.4. The van der Waals surface area contributed by atoms with Crippen LogP contribution >= 0.6 is 0 Å². The van der Waals surface area contributed by atoms with Crippen LogP contribution in [-0.2, 0) is 38.6 Å². The van der Waals surface area contributed by atoms with Crippen LogP contribution in [0.2, 0.25) is 0 Å². The van der Waals surface area contributed by atoms with Gasteiger partial charge in [0.1, 0.15) is 11.6 Å². The third-order valence-corrected chi connectivity index (χ3v) is 9.85. The molecule has 0 saturated carbocycles. The Morgan fingerprint density at radius 1 is 0.627 bits per heavy atom. The minimum atomic E-state index is -4.08. The Morgan fingerprint density at radius 2 is 1.10 bits per heavy atom. The summed E-state index contributed by atoms with van der Waals surface area (Å²) in [6.07, 6.45) is 0. The fourth-order valence-corrected chi connectivity index (χ4v) is 6.69. The van der Waals surface area contributed by atoms with Crippen LogP contribution in [0.4, 0.5) is 22.7 Å². The van der Waals surface area contributed by atoms with Crippen molar-refractivity contribution in [1.82, 2.24) is 0 Å². The standard InChI is InChI=1S/C36H28N6O8S/c1-21-29(36(48)42(39-21)26-11-7-4-8-12-26)32(44)34(46)37-23-13-17-27(18-14-23)51(49,50)28-19-15-24(16-20-28)38-35(47)33(45)30-31(43)22(2)40-41(30)25-9-5-3-6-10-25/h3-20,29-30H,1-2H3,(H,37,46)(H,38,47)/t29-,30+/m1/s1. The van der Waals surface area contributed by atoms with E-state index in [0.29, 0.717) is 11.4 Å². The Labute approximate surface area is 291 Å². The first-order valence-corrected chi connectivity index (χ1v) is 16.9. The molecule has 14 nitrogen and oxygen atoms in total. The Hall–Kier alpha value is -6.61. The van der Waals surface area contributed by atoms with E-state index >= 15 is 0 Å². The molecule has 4 aromatic carbocycles. The fourth-order valence-electron chi connectivity index (χ4n) is 5.43. The van der Waals surface area contributed by atoms with E-state index in [0.717, 1.165) is 5.01 Å². The van der Waals surface area contributed by atoms with Gasteiger partial charge in [0.15, 0.2) is 6.04 Å². The van der Waals surface area contributed by atoms with Gasteiger partial charge in [-0.05, 0) is 86.6 Å². The molecule has 0 aliphatic carbocycles. The summed E-state index contributed by atoms with van der Waals surface area (Å²) in [6.45, 7) is 2.92. The van der Waals surface area contributed by atoms with Gasteiger partial charge in [-0.15, -0.1) is 0 Å². The fraction of sp³-hybridized carbons (Fsp3) is 0.111. The molecule has 15 heteroatoms. The number of nitrogens with one attached hydrogen (secondary N) is 2. The topological polar surface area (TPSA) is 192 Å². The Bertz CT molecular complexity index is 2260. The lowest BCUT2D eigenvalue weighted by atomic mass is 9.98. The van der Waals surface area contributed by atoms with Gasteiger partial charge in [0.05, 0.1) is 26.9 Å². The van der Waals surface area contributed by atoms with E-state index in [9.17, 15) is 37.2 Å². The number of Topliss-reactive ketones (excluding diaryl/α,β-unsaturated/α-hetero) is 3. The zero-order chi connectivity index (χ0) is 36.4. The molecule has 0 saturated heterocycles. The molecule has 2 aliphatic rings. The van der Waals surface area contributed by atoms with Crippen LogP contribution in [0.15, 0.2) is 129 Å². The predicted molar refractivity (Wildman–Crippen MR) is 187 cm³/mol. The van der Waals surface area contributed by atoms with Gasteiger partial charge in [0.25, 0.3) is 23.5 Å². The lowest BCUT2D eigenvalue weighted by molar-refractivity contribution is -0.138. The molecule has 2 heterocycles. The number of anilines is 4. The van der Waals surface area contributed by atoms with Crippen LogP contribution in [0.25, 0.3) is 0 Å². The predicted octanol–water partition coefficient (Wildman–Crippen LogP) is 3.41. The highest BCUT2D eigenvalue weighted by Crippen LogP contribution is 2.27. The molecule has 0 spiro atoms. The van der Waals surface area contributed by atoms with E-state index in [1.54, 1.807) is 60.7 Å². The lowest BCUT2D eigenvalue weighted by Gasteiger charge is -2.20. The zero-order valence-corrected chi connectivity index (χ0v) is 27.8. The molecular formula is C36H28N6O8S. The highest BCUT2D eigenvalue weighted by molar-refractivity contribution is 7.91. The number of nitrogens with zero attached hydrogens (tertiary/aromatic N) is 4. The molecule has 0 unspecified atom stereocenters. The van der Waals surface area contributed by atoms with Crippen molar-refractivity contribution in [1.29, 1.82) is 0 Å². The highest BCUT2D eigenvalue weighted by atomic mass is 32.2. The summed E-state index contributed by atoms with van der Waals surface area (Å²) in [4.78, 5) is 77.1. The van der Waals surface area contributed by atoms with Crippen LogP contribution in [0, 0.1) is 5.92 Å². The largest absolute Gasteiger partial charge is 0.319 e. The van der Waals surface area contributed by atoms with E-state index < -0.39 is 56.9 Å². The molecule has 2 N–H and O–H groups in total. The molecule has 0 radical (unpaired) electrons. The average Bonchev–Trinajstić information content (AvgIpc) is 3.61. The van der Waals surface area contributed by atoms with E-state index in [2.05, 4.69) is 20.8 Å². The van der Waals surface area contributed by atoms with E-state index in [4.69, 9.17) is 0 Å². The van der Waals surface area contributed by atoms with Gasteiger partial charge in [0, 0.05) is 11.4 Å². The van der Waals surface area contributed by atoms with Crippen LogP contribution < -0.4 is 20.7 Å². The summed E-state index contributed by atoms with van der Waals surface area (Å²) in [6, 6.07) is 25.5. The maximum Gasteiger partial charge on any atom is 0.294 e. The average molecular weight is 705 g/mol.